The van der Waals surface area contributed by atoms with Gasteiger partial charge in [-0.3, -0.25) is 9.58 Å². The summed E-state index contributed by atoms with van der Waals surface area (Å²) in [6.45, 7) is 4.59. The largest absolute Gasteiger partial charge is 0.376 e. The summed E-state index contributed by atoms with van der Waals surface area (Å²) in [7, 11) is 1.99. The van der Waals surface area contributed by atoms with Gasteiger partial charge in [0.2, 0.25) is 0 Å². The summed E-state index contributed by atoms with van der Waals surface area (Å²) in [5, 5.41) is 8.59. The molecule has 0 spiro atoms. The highest BCUT2D eigenvalue weighted by Crippen LogP contribution is 2.33. The lowest BCUT2D eigenvalue weighted by Crippen LogP contribution is -2.37. The van der Waals surface area contributed by atoms with Crippen molar-refractivity contribution in [1.82, 2.24) is 19.9 Å². The SMILES string of the molecule is Cn1nnc2c1[C@@H](COCc1ccccc1)CN(CC1CC1)C2. The van der Waals surface area contributed by atoms with Crippen LogP contribution in [-0.2, 0) is 24.9 Å². The van der Waals surface area contributed by atoms with E-state index in [1.165, 1.54) is 30.6 Å². The molecule has 5 nitrogen and oxygen atoms in total. The Hall–Kier alpha value is -1.72. The van der Waals surface area contributed by atoms with E-state index >= 15 is 0 Å². The molecule has 1 saturated carbocycles. The minimum Gasteiger partial charge on any atom is -0.376 e. The fraction of sp³-hybridized carbons (Fsp3) is 0.556. The predicted molar refractivity (Wildman–Crippen MR) is 87.8 cm³/mol. The van der Waals surface area contributed by atoms with E-state index in [2.05, 4.69) is 39.5 Å². The molecule has 1 atom stereocenters. The van der Waals surface area contributed by atoms with Crippen LogP contribution in [0.25, 0.3) is 0 Å². The molecule has 1 fully saturated rings. The standard InChI is InChI=1S/C18H24N4O/c1-21-18-16(13-23-12-15-5-3-2-4-6-15)10-22(9-14-7-8-14)11-17(18)19-20-21/h2-6,14,16H,7-13H2,1H3/t16-/m1/s1. The van der Waals surface area contributed by atoms with Crippen molar-refractivity contribution in [1.29, 1.82) is 0 Å². The van der Waals surface area contributed by atoms with E-state index in [9.17, 15) is 0 Å². The van der Waals surface area contributed by atoms with Gasteiger partial charge in [0.15, 0.2) is 0 Å². The van der Waals surface area contributed by atoms with Gasteiger partial charge >= 0.3 is 0 Å². The van der Waals surface area contributed by atoms with Gasteiger partial charge in [0.1, 0.15) is 5.69 Å². The Morgan fingerprint density at radius 1 is 1.22 bits per heavy atom. The number of rotatable bonds is 6. The number of aryl methyl sites for hydroxylation is 1. The average molecular weight is 312 g/mol. The summed E-state index contributed by atoms with van der Waals surface area (Å²) in [6, 6.07) is 10.4. The molecule has 0 unspecified atom stereocenters. The maximum Gasteiger partial charge on any atom is 0.100 e. The molecule has 1 aliphatic carbocycles. The normalized spacial score (nSPS) is 21.3. The smallest absolute Gasteiger partial charge is 0.100 e. The zero-order chi connectivity index (χ0) is 15.6. The van der Waals surface area contributed by atoms with Crippen molar-refractivity contribution >= 4 is 0 Å². The summed E-state index contributed by atoms with van der Waals surface area (Å²) in [6.07, 6.45) is 2.78. The lowest BCUT2D eigenvalue weighted by Gasteiger charge is -2.32. The first kappa shape index (κ1) is 14.8. The van der Waals surface area contributed by atoms with Crippen LogP contribution in [-0.4, -0.2) is 39.6 Å². The molecule has 1 aromatic carbocycles. The van der Waals surface area contributed by atoms with E-state index in [1.54, 1.807) is 0 Å². The molecule has 23 heavy (non-hydrogen) atoms. The molecule has 0 saturated heterocycles. The maximum atomic E-state index is 6.01. The molecule has 2 aromatic rings. The van der Waals surface area contributed by atoms with Crippen LogP contribution < -0.4 is 0 Å². The molecule has 1 aliphatic heterocycles. The molecule has 0 amide bonds. The van der Waals surface area contributed by atoms with Gasteiger partial charge in [-0.2, -0.15) is 0 Å². The van der Waals surface area contributed by atoms with Gasteiger partial charge in [0.25, 0.3) is 0 Å². The summed E-state index contributed by atoms with van der Waals surface area (Å²) >= 11 is 0. The maximum absolute atomic E-state index is 6.01. The number of nitrogens with zero attached hydrogens (tertiary/aromatic N) is 4. The van der Waals surface area contributed by atoms with E-state index in [1.807, 2.05) is 17.8 Å². The first-order chi connectivity index (χ1) is 11.3. The number of aromatic nitrogens is 3. The highest BCUT2D eigenvalue weighted by Gasteiger charge is 2.33. The Balaban J connectivity index is 1.41. The summed E-state index contributed by atoms with van der Waals surface area (Å²) in [5.74, 6) is 1.26. The topological polar surface area (TPSA) is 43.2 Å². The third-order valence-electron chi connectivity index (χ3n) is 4.83. The molecule has 122 valence electrons. The van der Waals surface area contributed by atoms with Crippen LogP contribution in [0.1, 0.15) is 35.7 Å². The van der Waals surface area contributed by atoms with Crippen LogP contribution in [0.4, 0.5) is 0 Å². The van der Waals surface area contributed by atoms with Crippen molar-refractivity contribution in [2.45, 2.75) is 31.9 Å². The number of fused-ring (bicyclic) bond motifs is 1. The minimum absolute atomic E-state index is 0.362. The Morgan fingerprint density at radius 2 is 2.04 bits per heavy atom. The van der Waals surface area contributed by atoms with E-state index in [0.717, 1.165) is 31.3 Å². The van der Waals surface area contributed by atoms with Crippen molar-refractivity contribution in [2.24, 2.45) is 13.0 Å². The van der Waals surface area contributed by atoms with Crippen LogP contribution in [0.5, 0.6) is 0 Å². The Labute approximate surface area is 137 Å². The van der Waals surface area contributed by atoms with E-state index in [4.69, 9.17) is 4.74 Å². The van der Waals surface area contributed by atoms with Crippen molar-refractivity contribution < 1.29 is 4.74 Å². The molecule has 4 rings (SSSR count). The van der Waals surface area contributed by atoms with Gasteiger partial charge in [-0.25, -0.2) is 0 Å². The zero-order valence-electron chi connectivity index (χ0n) is 13.7. The second kappa shape index (κ2) is 6.42. The van der Waals surface area contributed by atoms with Crippen LogP contribution in [0.2, 0.25) is 0 Å². The van der Waals surface area contributed by atoms with Gasteiger partial charge in [-0.15, -0.1) is 5.10 Å². The predicted octanol–water partition coefficient (Wildman–Crippen LogP) is 2.34. The van der Waals surface area contributed by atoms with Gasteiger partial charge in [0, 0.05) is 32.6 Å². The first-order valence-electron chi connectivity index (χ1n) is 8.52. The zero-order valence-corrected chi connectivity index (χ0v) is 13.7. The van der Waals surface area contributed by atoms with Crippen LogP contribution in [0.3, 0.4) is 0 Å². The molecule has 0 bridgehead atoms. The van der Waals surface area contributed by atoms with Crippen LogP contribution >= 0.6 is 0 Å². The van der Waals surface area contributed by atoms with Crippen molar-refractivity contribution in [3.63, 3.8) is 0 Å². The average Bonchev–Trinajstić information content (AvgIpc) is 3.30. The fourth-order valence-electron chi connectivity index (χ4n) is 3.52. The number of ether oxygens (including phenoxy) is 1. The molecular formula is C18H24N4O. The van der Waals surface area contributed by atoms with Gasteiger partial charge < -0.3 is 4.74 Å². The lowest BCUT2D eigenvalue weighted by molar-refractivity contribution is 0.0835. The van der Waals surface area contributed by atoms with Crippen molar-refractivity contribution in [3.05, 3.63) is 47.3 Å². The van der Waals surface area contributed by atoms with Gasteiger partial charge in [-0.05, 0) is 24.3 Å². The summed E-state index contributed by atoms with van der Waals surface area (Å²) < 4.78 is 7.94. The molecule has 1 aromatic heterocycles. The third kappa shape index (κ3) is 3.46. The van der Waals surface area contributed by atoms with Crippen LogP contribution in [0.15, 0.2) is 30.3 Å². The molecular weight excluding hydrogens is 288 g/mol. The number of hydrogen-bond acceptors (Lipinski definition) is 4. The summed E-state index contributed by atoms with van der Waals surface area (Å²) in [5.41, 5.74) is 3.61. The number of benzene rings is 1. The second-order valence-electron chi connectivity index (χ2n) is 6.88. The van der Waals surface area contributed by atoms with Crippen molar-refractivity contribution in [3.8, 4) is 0 Å². The monoisotopic (exact) mass is 312 g/mol. The van der Waals surface area contributed by atoms with Gasteiger partial charge in [0.05, 0.1) is 18.9 Å². The lowest BCUT2D eigenvalue weighted by atomic mass is 9.98. The van der Waals surface area contributed by atoms with E-state index < -0.39 is 0 Å². The van der Waals surface area contributed by atoms with Gasteiger partial charge in [-0.1, -0.05) is 35.5 Å². The second-order valence-corrected chi connectivity index (χ2v) is 6.88. The highest BCUT2D eigenvalue weighted by atomic mass is 16.5. The number of hydrogen-bond donors (Lipinski definition) is 0. The molecule has 0 N–H and O–H groups in total. The minimum atomic E-state index is 0.362. The van der Waals surface area contributed by atoms with Crippen molar-refractivity contribution in [2.75, 3.05) is 19.7 Å². The molecule has 2 aliphatic rings. The quantitative estimate of drug-likeness (QED) is 0.821. The highest BCUT2D eigenvalue weighted by molar-refractivity contribution is 5.20. The summed E-state index contributed by atoms with van der Waals surface area (Å²) in [4.78, 5) is 2.53. The van der Waals surface area contributed by atoms with E-state index in [-0.39, 0.29) is 0 Å². The molecule has 2 heterocycles. The fourth-order valence-corrected chi connectivity index (χ4v) is 3.52. The molecule has 0 radical (unpaired) electrons. The first-order valence-corrected chi connectivity index (χ1v) is 8.52. The Bertz CT molecular complexity index is 650. The molecule has 5 heteroatoms. The Morgan fingerprint density at radius 3 is 2.83 bits per heavy atom. The Kier molecular flexibility index (Phi) is 4.14. The van der Waals surface area contributed by atoms with Crippen LogP contribution in [0, 0.1) is 5.92 Å². The van der Waals surface area contributed by atoms with E-state index in [0.29, 0.717) is 12.5 Å². The third-order valence-corrected chi connectivity index (χ3v) is 4.83.